The number of carbonyl (C=O) groups excluding carboxylic acids is 1. The van der Waals surface area contributed by atoms with E-state index < -0.39 is 0 Å². The molecule has 0 spiro atoms. The Kier molecular flexibility index (Phi) is 3.81. The molecule has 3 heterocycles. The number of hydrogen-bond donors (Lipinski definition) is 0. The van der Waals surface area contributed by atoms with Crippen molar-refractivity contribution in [3.05, 3.63) is 66.1 Å². The van der Waals surface area contributed by atoms with Crippen LogP contribution in [0.25, 0.3) is 10.9 Å². The Morgan fingerprint density at radius 2 is 2.08 bits per heavy atom. The lowest BCUT2D eigenvalue weighted by molar-refractivity contribution is 0.0613. The van der Waals surface area contributed by atoms with Crippen molar-refractivity contribution in [1.29, 1.82) is 0 Å². The molecule has 0 bridgehead atoms. The van der Waals surface area contributed by atoms with Gasteiger partial charge in [0.15, 0.2) is 0 Å². The molecule has 3 aromatic rings. The number of benzene rings is 1. The van der Waals surface area contributed by atoms with Crippen molar-refractivity contribution in [2.24, 2.45) is 7.05 Å². The van der Waals surface area contributed by atoms with Gasteiger partial charge in [0.2, 0.25) is 0 Å². The number of rotatable bonds is 2. The summed E-state index contributed by atoms with van der Waals surface area (Å²) in [7, 11) is 2.01. The van der Waals surface area contributed by atoms with E-state index in [4.69, 9.17) is 0 Å². The number of fused-ring (bicyclic) bond motifs is 1. The van der Waals surface area contributed by atoms with Crippen LogP contribution >= 0.6 is 0 Å². The number of carbonyl (C=O) groups is 1. The van der Waals surface area contributed by atoms with Crippen LogP contribution in [0.15, 0.2) is 55.0 Å². The van der Waals surface area contributed by atoms with Crippen LogP contribution in [0.5, 0.6) is 0 Å². The van der Waals surface area contributed by atoms with Gasteiger partial charge in [-0.2, -0.15) is 0 Å². The summed E-state index contributed by atoms with van der Waals surface area (Å²) in [5.74, 6) is 0.125. The summed E-state index contributed by atoms with van der Waals surface area (Å²) in [6.45, 7) is 0.807. The number of hydrogen-bond acceptors (Lipinski definition) is 2. The zero-order chi connectivity index (χ0) is 16.5. The molecule has 4 nitrogen and oxygen atoms in total. The highest BCUT2D eigenvalue weighted by molar-refractivity contribution is 6.06. The topological polar surface area (TPSA) is 38.1 Å². The van der Waals surface area contributed by atoms with E-state index in [1.807, 2.05) is 48.6 Å². The number of nitrogens with zero attached hydrogens (tertiary/aromatic N) is 3. The van der Waals surface area contributed by atoms with Crippen LogP contribution in [0.3, 0.4) is 0 Å². The fraction of sp³-hybridized carbons (Fsp3) is 0.300. The van der Waals surface area contributed by atoms with Crippen LogP contribution in [0.2, 0.25) is 0 Å². The lowest BCUT2D eigenvalue weighted by Crippen LogP contribution is -2.38. The quantitative estimate of drug-likeness (QED) is 0.717. The maximum absolute atomic E-state index is 13.3. The first-order valence-electron chi connectivity index (χ1n) is 8.50. The molecule has 24 heavy (non-hydrogen) atoms. The minimum Gasteiger partial charge on any atom is -0.351 e. The zero-order valence-corrected chi connectivity index (χ0v) is 13.9. The standard InChI is InChI=1S/C20H21N3O/c1-22-13-10-16-17(7-4-9-19(16)22)20(24)23-12-3-2-8-18(23)15-6-5-11-21-14-15/h4-7,9-11,13-14,18H,2-3,8,12H2,1H3/t18-/m1/s1. The normalized spacial score (nSPS) is 18.0. The van der Waals surface area contributed by atoms with E-state index in [1.54, 1.807) is 6.20 Å². The van der Waals surface area contributed by atoms with E-state index in [2.05, 4.69) is 21.7 Å². The van der Waals surface area contributed by atoms with Gasteiger partial charge in [0, 0.05) is 48.6 Å². The van der Waals surface area contributed by atoms with Crippen LogP contribution in [-0.2, 0) is 7.05 Å². The number of aromatic nitrogens is 2. The van der Waals surface area contributed by atoms with Gasteiger partial charge in [-0.15, -0.1) is 0 Å². The van der Waals surface area contributed by atoms with Crippen LogP contribution < -0.4 is 0 Å². The molecule has 1 atom stereocenters. The van der Waals surface area contributed by atoms with Crippen molar-refractivity contribution < 1.29 is 4.79 Å². The van der Waals surface area contributed by atoms with Gasteiger partial charge in [-0.3, -0.25) is 9.78 Å². The molecular weight excluding hydrogens is 298 g/mol. The maximum atomic E-state index is 13.3. The predicted octanol–water partition coefficient (Wildman–Crippen LogP) is 3.94. The van der Waals surface area contributed by atoms with Crippen molar-refractivity contribution in [2.45, 2.75) is 25.3 Å². The number of aryl methyl sites for hydroxylation is 1. The first kappa shape index (κ1) is 14.9. The summed E-state index contributed by atoms with van der Waals surface area (Å²) in [5, 5.41) is 1.03. The molecule has 0 N–H and O–H groups in total. The summed E-state index contributed by atoms with van der Waals surface area (Å²) in [4.78, 5) is 19.6. The Hall–Kier alpha value is -2.62. The molecule has 1 aromatic carbocycles. The van der Waals surface area contributed by atoms with Crippen molar-refractivity contribution in [3.63, 3.8) is 0 Å². The van der Waals surface area contributed by atoms with Crippen molar-refractivity contribution in [1.82, 2.24) is 14.5 Å². The summed E-state index contributed by atoms with van der Waals surface area (Å²) < 4.78 is 2.06. The highest BCUT2D eigenvalue weighted by atomic mass is 16.2. The molecule has 1 aliphatic heterocycles. The van der Waals surface area contributed by atoms with Crippen LogP contribution in [-0.4, -0.2) is 26.9 Å². The predicted molar refractivity (Wildman–Crippen MR) is 94.8 cm³/mol. The molecule has 4 rings (SSSR count). The van der Waals surface area contributed by atoms with Crippen molar-refractivity contribution in [2.75, 3.05) is 6.54 Å². The fourth-order valence-corrected chi connectivity index (χ4v) is 3.74. The van der Waals surface area contributed by atoms with E-state index in [0.717, 1.165) is 47.8 Å². The molecule has 1 saturated heterocycles. The second kappa shape index (κ2) is 6.11. The van der Waals surface area contributed by atoms with E-state index in [1.165, 1.54) is 0 Å². The van der Waals surface area contributed by atoms with Gasteiger partial charge in [-0.25, -0.2) is 0 Å². The van der Waals surface area contributed by atoms with Gasteiger partial charge < -0.3 is 9.47 Å². The van der Waals surface area contributed by atoms with Gasteiger partial charge >= 0.3 is 0 Å². The SMILES string of the molecule is Cn1ccc2c(C(=O)N3CCCC[C@@H]3c3cccnc3)cccc21. The lowest BCUT2D eigenvalue weighted by atomic mass is 9.95. The monoisotopic (exact) mass is 319 g/mol. The number of likely N-dealkylation sites (tertiary alicyclic amines) is 1. The second-order valence-corrected chi connectivity index (χ2v) is 6.46. The van der Waals surface area contributed by atoms with Crippen molar-refractivity contribution >= 4 is 16.8 Å². The van der Waals surface area contributed by atoms with E-state index in [9.17, 15) is 4.79 Å². The lowest BCUT2D eigenvalue weighted by Gasteiger charge is -2.36. The Morgan fingerprint density at radius 3 is 2.92 bits per heavy atom. The van der Waals surface area contributed by atoms with Gasteiger partial charge in [-0.05, 0) is 49.1 Å². The summed E-state index contributed by atoms with van der Waals surface area (Å²) in [5.41, 5.74) is 3.02. The van der Waals surface area contributed by atoms with Crippen LogP contribution in [0.4, 0.5) is 0 Å². The zero-order valence-electron chi connectivity index (χ0n) is 13.9. The Bertz CT molecular complexity index is 869. The van der Waals surface area contributed by atoms with Crippen LogP contribution in [0, 0.1) is 0 Å². The third-order valence-electron chi connectivity index (χ3n) is 4.99. The number of pyridine rings is 1. The minimum atomic E-state index is 0.124. The van der Waals surface area contributed by atoms with E-state index in [-0.39, 0.29) is 11.9 Å². The number of amides is 1. The molecule has 1 amide bonds. The average molecular weight is 319 g/mol. The third kappa shape index (κ3) is 2.48. The molecule has 0 aliphatic carbocycles. The third-order valence-corrected chi connectivity index (χ3v) is 4.99. The van der Waals surface area contributed by atoms with Crippen LogP contribution in [0.1, 0.15) is 41.2 Å². The summed E-state index contributed by atoms with van der Waals surface area (Å²) in [6, 6.07) is 12.2. The summed E-state index contributed by atoms with van der Waals surface area (Å²) in [6.07, 6.45) is 8.90. The summed E-state index contributed by atoms with van der Waals surface area (Å²) >= 11 is 0. The molecule has 122 valence electrons. The molecule has 0 radical (unpaired) electrons. The molecule has 1 fully saturated rings. The fourth-order valence-electron chi connectivity index (χ4n) is 3.74. The minimum absolute atomic E-state index is 0.124. The Balaban J connectivity index is 1.73. The molecular formula is C20H21N3O. The Morgan fingerprint density at radius 1 is 1.17 bits per heavy atom. The molecule has 1 aliphatic rings. The van der Waals surface area contributed by atoms with Gasteiger partial charge in [0.1, 0.15) is 0 Å². The largest absolute Gasteiger partial charge is 0.351 e. The van der Waals surface area contributed by atoms with Gasteiger partial charge in [-0.1, -0.05) is 12.1 Å². The smallest absolute Gasteiger partial charge is 0.255 e. The molecule has 4 heteroatoms. The second-order valence-electron chi connectivity index (χ2n) is 6.46. The highest BCUT2D eigenvalue weighted by Crippen LogP contribution is 2.33. The van der Waals surface area contributed by atoms with E-state index in [0.29, 0.717) is 0 Å². The molecule has 0 saturated carbocycles. The maximum Gasteiger partial charge on any atom is 0.255 e. The molecule has 2 aromatic heterocycles. The van der Waals surface area contributed by atoms with Crippen molar-refractivity contribution in [3.8, 4) is 0 Å². The Labute approximate surface area is 141 Å². The number of piperidine rings is 1. The highest BCUT2D eigenvalue weighted by Gasteiger charge is 2.29. The van der Waals surface area contributed by atoms with Gasteiger partial charge in [0.05, 0.1) is 6.04 Å². The van der Waals surface area contributed by atoms with E-state index >= 15 is 0 Å². The average Bonchev–Trinajstić information content (AvgIpc) is 3.03. The van der Waals surface area contributed by atoms with Gasteiger partial charge in [0.25, 0.3) is 5.91 Å². The molecule has 0 unspecified atom stereocenters. The first-order valence-corrected chi connectivity index (χ1v) is 8.50. The first-order chi connectivity index (χ1) is 11.8.